The van der Waals surface area contributed by atoms with E-state index in [1.54, 1.807) is 61.5 Å². The Kier molecular flexibility index (Phi) is 6.95. The number of benzene rings is 3. The van der Waals surface area contributed by atoms with Crippen LogP contribution in [-0.2, 0) is 19.6 Å². The van der Waals surface area contributed by atoms with Crippen LogP contribution in [0.2, 0.25) is 0 Å². The van der Waals surface area contributed by atoms with Gasteiger partial charge in [-0.15, -0.1) is 0 Å². The summed E-state index contributed by atoms with van der Waals surface area (Å²) in [6, 6.07) is 19.6. The van der Waals surface area contributed by atoms with Gasteiger partial charge in [-0.25, -0.2) is 13.2 Å². The number of rotatable bonds is 7. The monoisotopic (exact) mass is 452 g/mol. The Morgan fingerprint density at radius 2 is 1.59 bits per heavy atom. The predicted octanol–water partition coefficient (Wildman–Crippen LogP) is 3.92. The maximum atomic E-state index is 13.4. The maximum absolute atomic E-state index is 13.4. The lowest BCUT2D eigenvalue weighted by atomic mass is 10.1. The van der Waals surface area contributed by atoms with Gasteiger partial charge in [-0.2, -0.15) is 0 Å². The smallest absolute Gasteiger partial charge is 0.337 e. The van der Waals surface area contributed by atoms with E-state index in [0.29, 0.717) is 11.4 Å². The summed E-state index contributed by atoms with van der Waals surface area (Å²) in [6.07, 6.45) is 0. The number of aryl methyl sites for hydroxylation is 2. The van der Waals surface area contributed by atoms with Gasteiger partial charge < -0.3 is 10.1 Å². The molecule has 0 aliphatic rings. The van der Waals surface area contributed by atoms with Crippen molar-refractivity contribution in [2.75, 3.05) is 23.3 Å². The van der Waals surface area contributed by atoms with Crippen LogP contribution in [0.25, 0.3) is 0 Å². The number of hydrogen-bond acceptors (Lipinski definition) is 5. The third-order valence-electron chi connectivity index (χ3n) is 4.87. The van der Waals surface area contributed by atoms with Gasteiger partial charge in [0, 0.05) is 5.69 Å². The average Bonchev–Trinajstić information content (AvgIpc) is 2.79. The van der Waals surface area contributed by atoms with Crippen LogP contribution in [0, 0.1) is 13.8 Å². The lowest BCUT2D eigenvalue weighted by molar-refractivity contribution is -0.114. The van der Waals surface area contributed by atoms with Crippen LogP contribution in [0.4, 0.5) is 11.4 Å². The Hall–Kier alpha value is -3.65. The van der Waals surface area contributed by atoms with E-state index in [1.165, 1.54) is 25.3 Å². The van der Waals surface area contributed by atoms with Crippen LogP contribution in [0.5, 0.6) is 0 Å². The standard InChI is InChI=1S/C24H24N2O5S/c1-17-9-13-21(14-10-17)32(29,30)26(20-7-5-4-6-8-20)16-23(27)25-22-15-19(24(28)31-3)12-11-18(22)2/h4-15H,16H2,1-3H3,(H,25,27). The molecule has 3 aromatic rings. The minimum absolute atomic E-state index is 0.0867. The molecule has 1 N–H and O–H groups in total. The predicted molar refractivity (Wildman–Crippen MR) is 123 cm³/mol. The van der Waals surface area contributed by atoms with Gasteiger partial charge in [0.1, 0.15) is 6.54 Å². The summed E-state index contributed by atoms with van der Waals surface area (Å²) in [7, 11) is -2.72. The molecule has 3 rings (SSSR count). The minimum atomic E-state index is -4.00. The van der Waals surface area contributed by atoms with Crippen LogP contribution in [-0.4, -0.2) is 33.9 Å². The number of esters is 1. The number of carbonyl (C=O) groups is 2. The first-order valence-corrected chi connectivity index (χ1v) is 11.3. The molecule has 0 aliphatic heterocycles. The summed E-state index contributed by atoms with van der Waals surface area (Å²) in [4.78, 5) is 24.8. The molecule has 0 saturated carbocycles. The Balaban J connectivity index is 1.92. The van der Waals surface area contributed by atoms with Crippen molar-refractivity contribution < 1.29 is 22.7 Å². The van der Waals surface area contributed by atoms with E-state index in [9.17, 15) is 18.0 Å². The van der Waals surface area contributed by atoms with Gasteiger partial charge in [-0.3, -0.25) is 9.10 Å². The molecule has 0 aliphatic carbocycles. The Bertz CT molecular complexity index is 1220. The minimum Gasteiger partial charge on any atom is -0.465 e. The van der Waals surface area contributed by atoms with Crippen molar-refractivity contribution in [2.24, 2.45) is 0 Å². The number of nitrogens with zero attached hydrogens (tertiary/aromatic N) is 1. The summed E-state index contributed by atoms with van der Waals surface area (Å²) in [6.45, 7) is 3.19. The first kappa shape index (κ1) is 23.0. The van der Waals surface area contributed by atoms with Gasteiger partial charge in [-0.1, -0.05) is 42.0 Å². The van der Waals surface area contributed by atoms with E-state index >= 15 is 0 Å². The summed E-state index contributed by atoms with van der Waals surface area (Å²) < 4.78 is 32.5. The van der Waals surface area contributed by atoms with Crippen molar-refractivity contribution in [1.82, 2.24) is 0 Å². The SMILES string of the molecule is COC(=O)c1ccc(C)c(NC(=O)CN(c2ccccc2)S(=O)(=O)c2ccc(C)cc2)c1. The number of methoxy groups -OCH3 is 1. The molecule has 32 heavy (non-hydrogen) atoms. The molecule has 166 valence electrons. The number of ether oxygens (including phenoxy) is 1. The number of sulfonamides is 1. The quantitative estimate of drug-likeness (QED) is 0.549. The van der Waals surface area contributed by atoms with Crippen LogP contribution >= 0.6 is 0 Å². The fourth-order valence-corrected chi connectivity index (χ4v) is 4.49. The van der Waals surface area contributed by atoms with E-state index in [-0.39, 0.29) is 10.5 Å². The van der Waals surface area contributed by atoms with E-state index < -0.39 is 28.4 Å². The average molecular weight is 453 g/mol. The molecule has 0 unspecified atom stereocenters. The van der Waals surface area contributed by atoms with Gasteiger partial charge in [0.2, 0.25) is 5.91 Å². The molecule has 7 nitrogen and oxygen atoms in total. The van der Waals surface area contributed by atoms with Crippen molar-refractivity contribution in [3.05, 3.63) is 89.5 Å². The third kappa shape index (κ3) is 5.15. The van der Waals surface area contributed by atoms with Crippen molar-refractivity contribution in [1.29, 1.82) is 0 Å². The van der Waals surface area contributed by atoms with E-state index in [1.807, 2.05) is 6.92 Å². The topological polar surface area (TPSA) is 92.8 Å². The highest BCUT2D eigenvalue weighted by Gasteiger charge is 2.27. The molecule has 0 atom stereocenters. The number of anilines is 2. The molecular formula is C24H24N2O5S. The second-order valence-corrected chi connectivity index (χ2v) is 9.09. The van der Waals surface area contributed by atoms with Crippen molar-refractivity contribution in [3.8, 4) is 0 Å². The van der Waals surface area contributed by atoms with Gasteiger partial charge in [0.15, 0.2) is 0 Å². The highest BCUT2D eigenvalue weighted by Crippen LogP contribution is 2.24. The molecule has 0 bridgehead atoms. The number of para-hydroxylation sites is 1. The fraction of sp³-hybridized carbons (Fsp3) is 0.167. The van der Waals surface area contributed by atoms with Crippen LogP contribution in [0.15, 0.2) is 77.7 Å². The first-order valence-electron chi connectivity index (χ1n) is 9.85. The number of nitrogens with one attached hydrogen (secondary N) is 1. The molecule has 0 saturated heterocycles. The van der Waals surface area contributed by atoms with Crippen molar-refractivity contribution in [2.45, 2.75) is 18.7 Å². The van der Waals surface area contributed by atoms with Crippen molar-refractivity contribution in [3.63, 3.8) is 0 Å². The van der Waals surface area contributed by atoms with Gasteiger partial charge in [0.05, 0.1) is 23.3 Å². The van der Waals surface area contributed by atoms with E-state index in [0.717, 1.165) is 15.4 Å². The molecule has 0 aromatic heterocycles. The number of amides is 1. The summed E-state index contributed by atoms with van der Waals surface area (Å²) in [5, 5.41) is 2.71. The van der Waals surface area contributed by atoms with Gasteiger partial charge >= 0.3 is 5.97 Å². The zero-order valence-corrected chi connectivity index (χ0v) is 18.8. The van der Waals surface area contributed by atoms with Gasteiger partial charge in [-0.05, 0) is 55.8 Å². The molecular weight excluding hydrogens is 428 g/mol. The molecule has 1 amide bonds. The zero-order chi connectivity index (χ0) is 23.3. The maximum Gasteiger partial charge on any atom is 0.337 e. The second-order valence-electron chi connectivity index (χ2n) is 7.23. The second kappa shape index (κ2) is 9.65. The molecule has 8 heteroatoms. The molecule has 3 aromatic carbocycles. The Morgan fingerprint density at radius 3 is 2.22 bits per heavy atom. The number of hydrogen-bond donors (Lipinski definition) is 1. The van der Waals surface area contributed by atoms with E-state index in [2.05, 4.69) is 5.32 Å². The molecule has 0 spiro atoms. The van der Waals surface area contributed by atoms with Crippen LogP contribution < -0.4 is 9.62 Å². The Morgan fingerprint density at radius 1 is 0.938 bits per heavy atom. The summed E-state index contributed by atoms with van der Waals surface area (Å²) in [5.74, 6) is -1.08. The fourth-order valence-electron chi connectivity index (χ4n) is 3.07. The first-order chi connectivity index (χ1) is 15.2. The van der Waals surface area contributed by atoms with Crippen molar-refractivity contribution >= 4 is 33.3 Å². The van der Waals surface area contributed by atoms with Gasteiger partial charge in [0.25, 0.3) is 10.0 Å². The van der Waals surface area contributed by atoms with E-state index in [4.69, 9.17) is 4.74 Å². The number of carbonyl (C=O) groups excluding carboxylic acids is 2. The van der Waals surface area contributed by atoms with Crippen LogP contribution in [0.1, 0.15) is 21.5 Å². The normalized spacial score (nSPS) is 11.0. The summed E-state index contributed by atoms with van der Waals surface area (Å²) in [5.41, 5.74) is 2.69. The van der Waals surface area contributed by atoms with Crippen LogP contribution in [0.3, 0.4) is 0 Å². The highest BCUT2D eigenvalue weighted by atomic mass is 32.2. The Labute approximate surface area is 187 Å². The lowest BCUT2D eigenvalue weighted by Gasteiger charge is -2.24. The third-order valence-corrected chi connectivity index (χ3v) is 6.66. The molecule has 0 fully saturated rings. The lowest BCUT2D eigenvalue weighted by Crippen LogP contribution is -2.38. The largest absolute Gasteiger partial charge is 0.465 e. The summed E-state index contributed by atoms with van der Waals surface area (Å²) >= 11 is 0. The molecule has 0 radical (unpaired) electrons. The molecule has 0 heterocycles. The zero-order valence-electron chi connectivity index (χ0n) is 18.0. The highest BCUT2D eigenvalue weighted by molar-refractivity contribution is 7.92.